The number of aryl methyl sites for hydroxylation is 1. The first-order valence-electron chi connectivity index (χ1n) is 7.12. The first kappa shape index (κ1) is 14.6. The summed E-state index contributed by atoms with van der Waals surface area (Å²) in [6.07, 6.45) is 2.77. The second-order valence-electron chi connectivity index (χ2n) is 5.61. The number of carbonyl (C=O) groups is 2. The van der Waals surface area contributed by atoms with E-state index in [2.05, 4.69) is 5.32 Å². The van der Waals surface area contributed by atoms with E-state index in [4.69, 9.17) is 5.11 Å². The summed E-state index contributed by atoms with van der Waals surface area (Å²) in [5.74, 6) is -1.31. The molecular weight excluding hydrogens is 254 g/mol. The number of aliphatic carboxylic acids is 1. The molecule has 2 atom stereocenters. The van der Waals surface area contributed by atoms with Crippen molar-refractivity contribution < 1.29 is 14.7 Å². The third-order valence-corrected chi connectivity index (χ3v) is 3.94. The zero-order valence-corrected chi connectivity index (χ0v) is 11.8. The monoisotopic (exact) mass is 275 g/mol. The molecule has 1 amide bonds. The van der Waals surface area contributed by atoms with E-state index in [1.54, 1.807) is 0 Å². The van der Waals surface area contributed by atoms with Crippen LogP contribution >= 0.6 is 0 Å². The van der Waals surface area contributed by atoms with Gasteiger partial charge in [0.15, 0.2) is 0 Å². The van der Waals surface area contributed by atoms with Crippen molar-refractivity contribution in [3.8, 4) is 0 Å². The lowest BCUT2D eigenvalue weighted by Crippen LogP contribution is -2.35. The number of rotatable bonds is 4. The fourth-order valence-corrected chi connectivity index (χ4v) is 2.81. The van der Waals surface area contributed by atoms with Crippen LogP contribution in [0.2, 0.25) is 0 Å². The minimum absolute atomic E-state index is 0.0162. The molecule has 0 bridgehead atoms. The van der Waals surface area contributed by atoms with Gasteiger partial charge in [0, 0.05) is 12.5 Å². The minimum Gasteiger partial charge on any atom is -0.481 e. The number of benzene rings is 1. The van der Waals surface area contributed by atoms with Gasteiger partial charge in [-0.1, -0.05) is 36.2 Å². The Hall–Kier alpha value is -1.84. The van der Waals surface area contributed by atoms with Gasteiger partial charge in [0.25, 0.3) is 0 Å². The van der Waals surface area contributed by atoms with Gasteiger partial charge in [-0.05, 0) is 31.7 Å². The van der Waals surface area contributed by atoms with Crippen molar-refractivity contribution in [2.24, 2.45) is 11.8 Å². The summed E-state index contributed by atoms with van der Waals surface area (Å²) in [5.41, 5.74) is 2.24. The van der Waals surface area contributed by atoms with Gasteiger partial charge in [-0.15, -0.1) is 0 Å². The SMILES string of the molecule is Cc1cccc(CNC(=O)[C@@H]2CCC[C@H](C(=O)O)C2)c1. The predicted octanol–water partition coefficient (Wildman–Crippen LogP) is 2.50. The largest absolute Gasteiger partial charge is 0.481 e. The van der Waals surface area contributed by atoms with Gasteiger partial charge in [0.2, 0.25) is 5.91 Å². The Kier molecular flexibility index (Phi) is 4.77. The smallest absolute Gasteiger partial charge is 0.306 e. The molecule has 2 N–H and O–H groups in total. The second-order valence-corrected chi connectivity index (χ2v) is 5.61. The van der Waals surface area contributed by atoms with Crippen molar-refractivity contribution in [2.75, 3.05) is 0 Å². The quantitative estimate of drug-likeness (QED) is 0.887. The molecule has 0 aromatic heterocycles. The molecule has 0 radical (unpaired) electrons. The van der Waals surface area contributed by atoms with Crippen LogP contribution in [0.15, 0.2) is 24.3 Å². The molecule has 4 heteroatoms. The zero-order valence-electron chi connectivity index (χ0n) is 11.8. The van der Waals surface area contributed by atoms with Crippen LogP contribution in [0.5, 0.6) is 0 Å². The van der Waals surface area contributed by atoms with Crippen LogP contribution in [-0.2, 0) is 16.1 Å². The third kappa shape index (κ3) is 3.83. The van der Waals surface area contributed by atoms with E-state index in [1.807, 2.05) is 31.2 Å². The lowest BCUT2D eigenvalue weighted by atomic mass is 9.81. The molecule has 0 heterocycles. The van der Waals surface area contributed by atoms with E-state index in [0.717, 1.165) is 18.4 Å². The summed E-state index contributed by atoms with van der Waals surface area (Å²) in [4.78, 5) is 23.1. The predicted molar refractivity (Wildman–Crippen MR) is 76.1 cm³/mol. The van der Waals surface area contributed by atoms with Crippen molar-refractivity contribution in [3.05, 3.63) is 35.4 Å². The lowest BCUT2D eigenvalue weighted by molar-refractivity contribution is -0.144. The number of amides is 1. The Labute approximate surface area is 119 Å². The third-order valence-electron chi connectivity index (χ3n) is 3.94. The molecule has 0 spiro atoms. The first-order chi connectivity index (χ1) is 9.56. The van der Waals surface area contributed by atoms with Crippen LogP contribution in [0.1, 0.15) is 36.8 Å². The molecule has 1 aromatic carbocycles. The van der Waals surface area contributed by atoms with E-state index < -0.39 is 5.97 Å². The number of carbonyl (C=O) groups excluding carboxylic acids is 1. The number of carboxylic acids is 1. The Morgan fingerprint density at radius 2 is 2.05 bits per heavy atom. The molecule has 2 rings (SSSR count). The van der Waals surface area contributed by atoms with Crippen molar-refractivity contribution in [2.45, 2.75) is 39.2 Å². The standard InChI is InChI=1S/C16H21NO3/c1-11-4-2-5-12(8-11)10-17-15(18)13-6-3-7-14(9-13)16(19)20/h2,4-5,8,13-14H,3,6-7,9-10H2,1H3,(H,17,18)(H,19,20)/t13-,14+/m1/s1. The van der Waals surface area contributed by atoms with Crippen LogP contribution in [0, 0.1) is 18.8 Å². The molecule has 4 nitrogen and oxygen atoms in total. The Bertz CT molecular complexity index is 498. The average Bonchev–Trinajstić information content (AvgIpc) is 2.45. The van der Waals surface area contributed by atoms with Gasteiger partial charge >= 0.3 is 5.97 Å². The normalized spacial score (nSPS) is 22.2. The summed E-state index contributed by atoms with van der Waals surface area (Å²) in [7, 11) is 0. The molecule has 1 saturated carbocycles. The minimum atomic E-state index is -0.777. The first-order valence-corrected chi connectivity index (χ1v) is 7.12. The van der Waals surface area contributed by atoms with E-state index >= 15 is 0 Å². The molecule has 1 aliphatic carbocycles. The summed E-state index contributed by atoms with van der Waals surface area (Å²) in [5, 5.41) is 12.0. The molecule has 1 aromatic rings. The van der Waals surface area contributed by atoms with E-state index in [9.17, 15) is 9.59 Å². The van der Waals surface area contributed by atoms with Crippen LogP contribution in [-0.4, -0.2) is 17.0 Å². The van der Waals surface area contributed by atoms with Gasteiger partial charge < -0.3 is 10.4 Å². The second kappa shape index (κ2) is 6.55. The fraction of sp³-hybridized carbons (Fsp3) is 0.500. The van der Waals surface area contributed by atoms with Gasteiger partial charge in [-0.3, -0.25) is 9.59 Å². The van der Waals surface area contributed by atoms with Crippen LogP contribution in [0.4, 0.5) is 0 Å². The van der Waals surface area contributed by atoms with Crippen LogP contribution in [0.25, 0.3) is 0 Å². The average molecular weight is 275 g/mol. The number of carboxylic acid groups (broad SMARTS) is 1. The Morgan fingerprint density at radius 3 is 2.75 bits per heavy atom. The number of hydrogen-bond donors (Lipinski definition) is 2. The van der Waals surface area contributed by atoms with Crippen molar-refractivity contribution in [1.82, 2.24) is 5.32 Å². The number of nitrogens with one attached hydrogen (secondary N) is 1. The maximum absolute atomic E-state index is 12.1. The van der Waals surface area contributed by atoms with Crippen LogP contribution in [0.3, 0.4) is 0 Å². The van der Waals surface area contributed by atoms with Gasteiger partial charge in [0.1, 0.15) is 0 Å². The fourth-order valence-electron chi connectivity index (χ4n) is 2.81. The highest BCUT2D eigenvalue weighted by molar-refractivity contribution is 5.80. The maximum Gasteiger partial charge on any atom is 0.306 e. The lowest BCUT2D eigenvalue weighted by Gasteiger charge is -2.25. The topological polar surface area (TPSA) is 66.4 Å². The molecule has 1 fully saturated rings. The van der Waals surface area contributed by atoms with E-state index in [1.165, 1.54) is 5.56 Å². The summed E-state index contributed by atoms with van der Waals surface area (Å²) in [6, 6.07) is 8.01. The van der Waals surface area contributed by atoms with Gasteiger partial charge in [-0.2, -0.15) is 0 Å². The van der Waals surface area contributed by atoms with E-state index in [-0.39, 0.29) is 17.7 Å². The Balaban J connectivity index is 1.87. The molecule has 108 valence electrons. The van der Waals surface area contributed by atoms with E-state index in [0.29, 0.717) is 19.4 Å². The highest BCUT2D eigenvalue weighted by atomic mass is 16.4. The molecule has 1 aliphatic rings. The van der Waals surface area contributed by atoms with Crippen molar-refractivity contribution >= 4 is 11.9 Å². The highest BCUT2D eigenvalue weighted by Crippen LogP contribution is 2.29. The van der Waals surface area contributed by atoms with Crippen molar-refractivity contribution in [1.29, 1.82) is 0 Å². The number of hydrogen-bond acceptors (Lipinski definition) is 2. The van der Waals surface area contributed by atoms with Gasteiger partial charge in [-0.25, -0.2) is 0 Å². The molecule has 20 heavy (non-hydrogen) atoms. The molecule has 0 saturated heterocycles. The highest BCUT2D eigenvalue weighted by Gasteiger charge is 2.30. The molecular formula is C16H21NO3. The van der Waals surface area contributed by atoms with Crippen LogP contribution < -0.4 is 5.32 Å². The Morgan fingerprint density at radius 1 is 1.30 bits per heavy atom. The summed E-state index contributed by atoms with van der Waals surface area (Å²) in [6.45, 7) is 2.53. The molecule has 0 aliphatic heterocycles. The van der Waals surface area contributed by atoms with Crippen molar-refractivity contribution in [3.63, 3.8) is 0 Å². The molecule has 0 unspecified atom stereocenters. The van der Waals surface area contributed by atoms with Gasteiger partial charge in [0.05, 0.1) is 5.92 Å². The summed E-state index contributed by atoms with van der Waals surface area (Å²) < 4.78 is 0. The zero-order chi connectivity index (χ0) is 14.5. The maximum atomic E-state index is 12.1. The summed E-state index contributed by atoms with van der Waals surface area (Å²) >= 11 is 0.